The molecule has 2 heterocycles. The van der Waals surface area contributed by atoms with Crippen LogP contribution in [-0.2, 0) is 0 Å². The van der Waals surface area contributed by atoms with Crippen LogP contribution >= 0.6 is 11.8 Å². The third-order valence-corrected chi connectivity index (χ3v) is 6.15. The second-order valence-corrected chi connectivity index (χ2v) is 7.94. The molecule has 0 aromatic carbocycles. The van der Waals surface area contributed by atoms with E-state index in [2.05, 4.69) is 46.1 Å². The van der Waals surface area contributed by atoms with E-state index in [1.165, 1.54) is 44.5 Å². The fourth-order valence-electron chi connectivity index (χ4n) is 3.08. The Labute approximate surface area is 134 Å². The minimum atomic E-state index is 0.580. The maximum absolute atomic E-state index is 4.34. The van der Waals surface area contributed by atoms with Crippen molar-refractivity contribution in [3.8, 4) is 0 Å². The molecule has 0 saturated carbocycles. The minimum absolute atomic E-state index is 0.580. The number of hydrogen-bond acceptors (Lipinski definition) is 3. The number of nitrogens with zero attached hydrogens (tertiary/aromatic N) is 2. The van der Waals surface area contributed by atoms with Crippen LogP contribution in [0.25, 0.3) is 0 Å². The fraction of sp³-hybridized carbons (Fsp3) is 0.938. The van der Waals surface area contributed by atoms with Crippen molar-refractivity contribution in [2.24, 2.45) is 10.9 Å². The first-order valence-electron chi connectivity index (χ1n) is 8.49. The molecule has 2 rings (SSSR count). The zero-order chi connectivity index (χ0) is 15.1. The van der Waals surface area contributed by atoms with Gasteiger partial charge in [0.05, 0.1) is 0 Å². The van der Waals surface area contributed by atoms with E-state index in [1.807, 2.05) is 7.05 Å². The van der Waals surface area contributed by atoms with Gasteiger partial charge in [-0.3, -0.25) is 9.89 Å². The van der Waals surface area contributed by atoms with Crippen LogP contribution in [0.5, 0.6) is 0 Å². The van der Waals surface area contributed by atoms with E-state index in [1.54, 1.807) is 0 Å². The van der Waals surface area contributed by atoms with Crippen LogP contribution in [-0.4, -0.2) is 61.1 Å². The molecule has 5 heteroatoms. The van der Waals surface area contributed by atoms with Gasteiger partial charge in [0.25, 0.3) is 0 Å². The third-order valence-electron chi connectivity index (χ3n) is 4.75. The van der Waals surface area contributed by atoms with Crippen molar-refractivity contribution < 1.29 is 0 Å². The van der Waals surface area contributed by atoms with Crippen LogP contribution in [0.15, 0.2) is 4.99 Å². The largest absolute Gasteiger partial charge is 0.355 e. The summed E-state index contributed by atoms with van der Waals surface area (Å²) in [6, 6.07) is 0.580. The third kappa shape index (κ3) is 5.70. The summed E-state index contributed by atoms with van der Waals surface area (Å²) >= 11 is 2.09. The van der Waals surface area contributed by atoms with Gasteiger partial charge in [0.2, 0.25) is 0 Å². The lowest BCUT2D eigenvalue weighted by molar-refractivity contribution is 0.147. The molecule has 0 amide bonds. The van der Waals surface area contributed by atoms with Crippen LogP contribution in [0.4, 0.5) is 0 Å². The second-order valence-electron chi connectivity index (χ2n) is 6.54. The molecular weight excluding hydrogens is 280 g/mol. The highest BCUT2D eigenvalue weighted by atomic mass is 32.2. The Hall–Kier alpha value is -0.420. The molecule has 0 bridgehead atoms. The zero-order valence-corrected chi connectivity index (χ0v) is 14.7. The SMILES string of the molecule is CN=C(NCC1CCCS1)NCC(C)N1CCC(C)CC1. The number of nitrogens with one attached hydrogen (secondary N) is 2. The number of piperidine rings is 1. The van der Waals surface area contributed by atoms with Gasteiger partial charge >= 0.3 is 0 Å². The number of thioether (sulfide) groups is 1. The van der Waals surface area contributed by atoms with Gasteiger partial charge in [-0.1, -0.05) is 6.92 Å². The lowest BCUT2D eigenvalue weighted by atomic mass is 9.98. The predicted molar refractivity (Wildman–Crippen MR) is 94.3 cm³/mol. The van der Waals surface area contributed by atoms with Crippen molar-refractivity contribution in [3.05, 3.63) is 0 Å². The summed E-state index contributed by atoms with van der Waals surface area (Å²) in [6.45, 7) is 9.20. The van der Waals surface area contributed by atoms with Gasteiger partial charge in [-0.05, 0) is 57.4 Å². The van der Waals surface area contributed by atoms with E-state index >= 15 is 0 Å². The van der Waals surface area contributed by atoms with E-state index in [0.717, 1.165) is 30.2 Å². The van der Waals surface area contributed by atoms with Gasteiger partial charge in [-0.25, -0.2) is 0 Å². The molecule has 2 aliphatic heterocycles. The summed E-state index contributed by atoms with van der Waals surface area (Å²) in [5.74, 6) is 3.18. The van der Waals surface area contributed by atoms with Gasteiger partial charge in [0, 0.05) is 31.4 Å². The summed E-state index contributed by atoms with van der Waals surface area (Å²) in [5, 5.41) is 7.73. The van der Waals surface area contributed by atoms with Gasteiger partial charge < -0.3 is 10.6 Å². The molecule has 0 spiro atoms. The number of aliphatic imine (C=N–C) groups is 1. The highest BCUT2D eigenvalue weighted by molar-refractivity contribution is 8.00. The average molecular weight is 313 g/mol. The zero-order valence-electron chi connectivity index (χ0n) is 13.9. The van der Waals surface area contributed by atoms with E-state index < -0.39 is 0 Å². The summed E-state index contributed by atoms with van der Waals surface area (Å²) < 4.78 is 0. The predicted octanol–water partition coefficient (Wildman–Crippen LogP) is 2.17. The summed E-state index contributed by atoms with van der Waals surface area (Å²) in [5.41, 5.74) is 0. The Kier molecular flexibility index (Phi) is 7.17. The smallest absolute Gasteiger partial charge is 0.191 e. The van der Waals surface area contributed by atoms with Crippen LogP contribution in [0.2, 0.25) is 0 Å². The first-order chi connectivity index (χ1) is 10.2. The molecule has 2 saturated heterocycles. The Morgan fingerprint density at radius 2 is 2.05 bits per heavy atom. The number of guanidine groups is 1. The quantitative estimate of drug-likeness (QED) is 0.603. The summed E-state index contributed by atoms with van der Waals surface area (Å²) in [4.78, 5) is 6.95. The van der Waals surface area contributed by atoms with E-state index in [4.69, 9.17) is 0 Å². The molecule has 2 aliphatic rings. The first-order valence-corrected chi connectivity index (χ1v) is 9.54. The normalized spacial score (nSPS) is 26.8. The molecule has 2 N–H and O–H groups in total. The van der Waals surface area contributed by atoms with Crippen LogP contribution in [0.3, 0.4) is 0 Å². The van der Waals surface area contributed by atoms with Crippen molar-refractivity contribution in [2.75, 3.05) is 39.0 Å². The van der Waals surface area contributed by atoms with E-state index in [-0.39, 0.29) is 0 Å². The standard InChI is InChI=1S/C16H32N4S/c1-13-6-8-20(9-7-13)14(2)11-18-16(17-3)19-12-15-5-4-10-21-15/h13-15H,4-12H2,1-3H3,(H2,17,18,19). The molecule has 122 valence electrons. The first kappa shape index (κ1) is 16.9. The minimum Gasteiger partial charge on any atom is -0.355 e. The summed E-state index contributed by atoms with van der Waals surface area (Å²) in [6.07, 6.45) is 5.40. The highest BCUT2D eigenvalue weighted by Gasteiger charge is 2.20. The summed E-state index contributed by atoms with van der Waals surface area (Å²) in [7, 11) is 1.87. The van der Waals surface area contributed by atoms with Gasteiger partial charge in [0.1, 0.15) is 0 Å². The van der Waals surface area contributed by atoms with Crippen molar-refractivity contribution >= 4 is 17.7 Å². The van der Waals surface area contributed by atoms with Crippen LogP contribution in [0.1, 0.15) is 39.5 Å². The Bertz CT molecular complexity index is 320. The molecule has 2 atom stereocenters. The van der Waals surface area contributed by atoms with Crippen molar-refractivity contribution in [2.45, 2.75) is 50.8 Å². The molecule has 4 nitrogen and oxygen atoms in total. The average Bonchev–Trinajstić information content (AvgIpc) is 3.01. The fourth-order valence-corrected chi connectivity index (χ4v) is 4.28. The number of hydrogen-bond donors (Lipinski definition) is 2. The molecule has 0 aromatic heterocycles. The number of rotatable bonds is 5. The number of likely N-dealkylation sites (tertiary alicyclic amines) is 1. The van der Waals surface area contributed by atoms with Gasteiger partial charge in [-0.15, -0.1) is 0 Å². The topological polar surface area (TPSA) is 39.7 Å². The van der Waals surface area contributed by atoms with Crippen LogP contribution < -0.4 is 10.6 Å². The lowest BCUT2D eigenvalue weighted by Gasteiger charge is -2.35. The second kappa shape index (κ2) is 8.89. The van der Waals surface area contributed by atoms with Gasteiger partial charge in [0.15, 0.2) is 5.96 Å². The van der Waals surface area contributed by atoms with Crippen molar-refractivity contribution in [3.63, 3.8) is 0 Å². The molecule has 21 heavy (non-hydrogen) atoms. The van der Waals surface area contributed by atoms with Crippen molar-refractivity contribution in [1.82, 2.24) is 15.5 Å². The molecule has 2 fully saturated rings. The molecule has 0 aromatic rings. The Morgan fingerprint density at radius 1 is 1.29 bits per heavy atom. The van der Waals surface area contributed by atoms with Gasteiger partial charge in [-0.2, -0.15) is 11.8 Å². The van der Waals surface area contributed by atoms with E-state index in [0.29, 0.717) is 6.04 Å². The maximum atomic E-state index is 4.34. The molecular formula is C16H32N4S. The molecule has 0 radical (unpaired) electrons. The Morgan fingerprint density at radius 3 is 2.67 bits per heavy atom. The molecule has 2 unspecified atom stereocenters. The highest BCUT2D eigenvalue weighted by Crippen LogP contribution is 2.25. The lowest BCUT2D eigenvalue weighted by Crippen LogP contribution is -2.48. The Balaban J connectivity index is 1.64. The van der Waals surface area contributed by atoms with E-state index in [9.17, 15) is 0 Å². The molecule has 0 aliphatic carbocycles. The van der Waals surface area contributed by atoms with Crippen LogP contribution in [0, 0.1) is 5.92 Å². The van der Waals surface area contributed by atoms with Crippen molar-refractivity contribution in [1.29, 1.82) is 0 Å². The monoisotopic (exact) mass is 312 g/mol. The maximum Gasteiger partial charge on any atom is 0.191 e.